The zero-order valence-electron chi connectivity index (χ0n) is 8.73. The zero-order valence-corrected chi connectivity index (χ0v) is 11.7. The summed E-state index contributed by atoms with van der Waals surface area (Å²) in [4.78, 5) is 0. The smallest absolute Gasteiger partial charge is 0.229 e. The molecule has 0 heterocycles. The van der Waals surface area contributed by atoms with Gasteiger partial charge in [0.25, 0.3) is 0 Å². The van der Waals surface area contributed by atoms with Gasteiger partial charge in [-0.3, -0.25) is 4.72 Å². The van der Waals surface area contributed by atoms with Crippen molar-refractivity contribution in [2.75, 3.05) is 11.0 Å². The van der Waals surface area contributed by atoms with E-state index in [-0.39, 0.29) is 0 Å². The Hall–Kier alpha value is -0.500. The molecule has 0 amide bonds. The number of hydrogen-bond donors (Lipinski definition) is 1. The Bertz CT molecular complexity index is 497. The predicted octanol–water partition coefficient (Wildman–Crippen LogP) is 2.20. The van der Waals surface area contributed by atoms with Crippen LogP contribution < -0.4 is 9.46 Å². The van der Waals surface area contributed by atoms with Gasteiger partial charge in [-0.25, -0.2) is 8.42 Å². The average molecular weight is 353 g/mol. The van der Waals surface area contributed by atoms with Gasteiger partial charge in [-0.1, -0.05) is 6.07 Å². The first-order valence-corrected chi connectivity index (χ1v) is 7.86. The van der Waals surface area contributed by atoms with E-state index < -0.39 is 10.0 Å². The molecule has 1 fully saturated rings. The lowest BCUT2D eigenvalue weighted by Gasteiger charge is -2.11. The van der Waals surface area contributed by atoms with E-state index in [0.29, 0.717) is 11.8 Å². The highest BCUT2D eigenvalue weighted by Crippen LogP contribution is 2.33. The van der Waals surface area contributed by atoms with Gasteiger partial charge in [0.15, 0.2) is 0 Å². The molecule has 0 radical (unpaired) electrons. The zero-order chi connectivity index (χ0) is 11.8. The van der Waals surface area contributed by atoms with Crippen LogP contribution in [0.5, 0.6) is 5.75 Å². The SMILES string of the molecule is CS(=O)(=O)Nc1cccc(OC2CC2)c1I. The van der Waals surface area contributed by atoms with Crippen LogP contribution in [-0.4, -0.2) is 20.8 Å². The fourth-order valence-corrected chi connectivity index (χ4v) is 2.62. The molecule has 1 aliphatic rings. The van der Waals surface area contributed by atoms with Crippen LogP contribution in [0.1, 0.15) is 12.8 Å². The number of benzene rings is 1. The van der Waals surface area contributed by atoms with Gasteiger partial charge in [0.2, 0.25) is 10.0 Å². The Balaban J connectivity index is 2.24. The molecule has 1 aromatic rings. The van der Waals surface area contributed by atoms with Crippen LogP contribution in [0.2, 0.25) is 0 Å². The fourth-order valence-electron chi connectivity index (χ4n) is 1.25. The van der Waals surface area contributed by atoms with Gasteiger partial charge >= 0.3 is 0 Å². The van der Waals surface area contributed by atoms with Crippen molar-refractivity contribution in [3.8, 4) is 5.75 Å². The summed E-state index contributed by atoms with van der Waals surface area (Å²) in [7, 11) is -3.24. The van der Waals surface area contributed by atoms with Crippen LogP contribution in [0.25, 0.3) is 0 Å². The molecule has 1 aliphatic carbocycles. The third kappa shape index (κ3) is 3.24. The second kappa shape index (κ2) is 4.40. The van der Waals surface area contributed by atoms with E-state index >= 15 is 0 Å². The molecule has 1 aromatic carbocycles. The molecular formula is C10H12INO3S. The standard InChI is InChI=1S/C10H12INO3S/c1-16(13,14)12-8-3-2-4-9(10(8)11)15-7-5-6-7/h2-4,7,12H,5-6H2,1H3. The summed E-state index contributed by atoms with van der Waals surface area (Å²) >= 11 is 2.09. The van der Waals surface area contributed by atoms with E-state index in [0.717, 1.165) is 28.4 Å². The summed E-state index contributed by atoms with van der Waals surface area (Å²) in [6, 6.07) is 5.36. The first kappa shape index (κ1) is 12.0. The maximum absolute atomic E-state index is 11.1. The second-order valence-corrected chi connectivity index (χ2v) is 6.64. The Labute approximate surface area is 109 Å². The van der Waals surface area contributed by atoms with Crippen molar-refractivity contribution in [1.29, 1.82) is 0 Å². The number of ether oxygens (including phenoxy) is 1. The van der Waals surface area contributed by atoms with E-state index in [1.54, 1.807) is 12.1 Å². The monoisotopic (exact) mass is 353 g/mol. The molecule has 0 saturated heterocycles. The van der Waals surface area contributed by atoms with Gasteiger partial charge in [-0.05, 0) is 47.6 Å². The van der Waals surface area contributed by atoms with Gasteiger partial charge in [-0.15, -0.1) is 0 Å². The molecule has 0 aliphatic heterocycles. The summed E-state index contributed by atoms with van der Waals surface area (Å²) in [5.74, 6) is 0.747. The van der Waals surface area contributed by atoms with Crippen molar-refractivity contribution >= 4 is 38.3 Å². The van der Waals surface area contributed by atoms with Gasteiger partial charge in [0.1, 0.15) is 5.75 Å². The third-order valence-corrected chi connectivity index (χ3v) is 3.78. The average Bonchev–Trinajstić information content (AvgIpc) is 2.93. The van der Waals surface area contributed by atoms with E-state index in [4.69, 9.17) is 4.74 Å². The van der Waals surface area contributed by atoms with Crippen LogP contribution in [0.15, 0.2) is 18.2 Å². The lowest BCUT2D eigenvalue weighted by atomic mass is 10.3. The van der Waals surface area contributed by atoms with Crippen LogP contribution in [0, 0.1) is 3.57 Å². The van der Waals surface area contributed by atoms with Crippen molar-refractivity contribution in [2.45, 2.75) is 18.9 Å². The van der Waals surface area contributed by atoms with Crippen molar-refractivity contribution in [3.63, 3.8) is 0 Å². The van der Waals surface area contributed by atoms with Crippen molar-refractivity contribution < 1.29 is 13.2 Å². The van der Waals surface area contributed by atoms with Crippen LogP contribution in [0.4, 0.5) is 5.69 Å². The maximum atomic E-state index is 11.1. The molecule has 1 N–H and O–H groups in total. The molecule has 16 heavy (non-hydrogen) atoms. The summed E-state index contributed by atoms with van der Waals surface area (Å²) in [6.45, 7) is 0. The molecule has 1 saturated carbocycles. The molecule has 0 aromatic heterocycles. The highest BCUT2D eigenvalue weighted by molar-refractivity contribution is 14.1. The summed E-state index contributed by atoms with van der Waals surface area (Å²) in [6.07, 6.45) is 3.61. The molecule has 0 bridgehead atoms. The van der Waals surface area contributed by atoms with Gasteiger partial charge in [-0.2, -0.15) is 0 Å². The highest BCUT2D eigenvalue weighted by Gasteiger charge is 2.24. The Morgan fingerprint density at radius 3 is 2.69 bits per heavy atom. The minimum absolute atomic E-state index is 0.307. The van der Waals surface area contributed by atoms with Gasteiger partial charge in [0, 0.05) is 0 Å². The predicted molar refractivity (Wildman–Crippen MR) is 71.3 cm³/mol. The minimum Gasteiger partial charge on any atom is -0.489 e. The fraction of sp³-hybridized carbons (Fsp3) is 0.400. The number of halogens is 1. The maximum Gasteiger partial charge on any atom is 0.229 e. The van der Waals surface area contributed by atoms with E-state index in [1.807, 2.05) is 6.07 Å². The van der Waals surface area contributed by atoms with E-state index in [1.165, 1.54) is 0 Å². The minimum atomic E-state index is -3.24. The lowest BCUT2D eigenvalue weighted by Crippen LogP contribution is -2.11. The number of hydrogen-bond acceptors (Lipinski definition) is 3. The van der Waals surface area contributed by atoms with Crippen LogP contribution >= 0.6 is 22.6 Å². The van der Waals surface area contributed by atoms with Crippen molar-refractivity contribution in [3.05, 3.63) is 21.8 Å². The van der Waals surface area contributed by atoms with Gasteiger partial charge < -0.3 is 4.74 Å². The third-order valence-electron chi connectivity index (χ3n) is 2.08. The molecule has 2 rings (SSSR count). The van der Waals surface area contributed by atoms with Gasteiger partial charge in [0.05, 0.1) is 21.6 Å². The molecule has 0 unspecified atom stereocenters. The van der Waals surface area contributed by atoms with Crippen molar-refractivity contribution in [2.24, 2.45) is 0 Å². The highest BCUT2D eigenvalue weighted by atomic mass is 127. The molecular weight excluding hydrogens is 341 g/mol. The first-order valence-electron chi connectivity index (χ1n) is 4.89. The Morgan fingerprint density at radius 2 is 2.12 bits per heavy atom. The molecule has 0 spiro atoms. The summed E-state index contributed by atoms with van der Waals surface area (Å²) in [5.41, 5.74) is 0.571. The van der Waals surface area contributed by atoms with Crippen LogP contribution in [-0.2, 0) is 10.0 Å². The second-order valence-electron chi connectivity index (χ2n) is 3.81. The van der Waals surface area contributed by atoms with E-state index in [9.17, 15) is 8.42 Å². The van der Waals surface area contributed by atoms with Crippen molar-refractivity contribution in [1.82, 2.24) is 0 Å². The van der Waals surface area contributed by atoms with Crippen LogP contribution in [0.3, 0.4) is 0 Å². The Morgan fingerprint density at radius 1 is 1.44 bits per heavy atom. The molecule has 6 heteroatoms. The molecule has 88 valence electrons. The molecule has 4 nitrogen and oxygen atoms in total. The largest absolute Gasteiger partial charge is 0.489 e. The topological polar surface area (TPSA) is 55.4 Å². The number of anilines is 1. The lowest BCUT2D eigenvalue weighted by molar-refractivity contribution is 0.301. The Kier molecular flexibility index (Phi) is 3.29. The summed E-state index contributed by atoms with van der Waals surface area (Å²) < 4.78 is 31.2. The quantitative estimate of drug-likeness (QED) is 0.845. The normalized spacial score (nSPS) is 15.9. The number of nitrogens with one attached hydrogen (secondary N) is 1. The number of sulfonamides is 1. The summed E-state index contributed by atoms with van der Waals surface area (Å²) in [5, 5.41) is 0. The molecule has 0 atom stereocenters. The van der Waals surface area contributed by atoms with E-state index in [2.05, 4.69) is 27.3 Å². The number of rotatable bonds is 4. The first-order chi connectivity index (χ1) is 7.46.